The third-order valence-electron chi connectivity index (χ3n) is 8.27. The first-order chi connectivity index (χ1) is 28.4. The Bertz CT molecular complexity index is 1410. The summed E-state index contributed by atoms with van der Waals surface area (Å²) < 4.78 is 26.6. The van der Waals surface area contributed by atoms with Gasteiger partial charge < -0.3 is 65.1 Å². The number of amides is 4. The van der Waals surface area contributed by atoms with Crippen molar-refractivity contribution in [3.8, 4) is 5.75 Å². The molecule has 1 rings (SSSR count). The Kier molecular flexibility index (Phi) is 29.7. The van der Waals surface area contributed by atoms with Gasteiger partial charge in [0.2, 0.25) is 23.6 Å². The molecule has 0 aliphatic heterocycles. The smallest absolute Gasteiger partial charge is 0.335 e. The molecule has 4 amide bonds. The molecule has 0 aliphatic rings. The summed E-state index contributed by atoms with van der Waals surface area (Å²) in [5.41, 5.74) is 0.209. The van der Waals surface area contributed by atoms with Crippen molar-refractivity contribution in [1.29, 1.82) is 0 Å². The second-order valence-corrected chi connectivity index (χ2v) is 13.1. The van der Waals surface area contributed by atoms with Crippen LogP contribution in [0.5, 0.6) is 5.75 Å². The summed E-state index contributed by atoms with van der Waals surface area (Å²) in [4.78, 5) is 92.1. The zero-order valence-corrected chi connectivity index (χ0v) is 33.5. The molecule has 2 atom stereocenters. The number of hydrogen-bond donors (Lipinski definition) is 7. The number of carbonyl (C=O) groups is 8. The van der Waals surface area contributed by atoms with Gasteiger partial charge in [0.15, 0.2) is 0 Å². The van der Waals surface area contributed by atoms with Crippen molar-refractivity contribution in [3.63, 3.8) is 0 Å². The first-order valence-corrected chi connectivity index (χ1v) is 19.7. The van der Waals surface area contributed by atoms with Crippen molar-refractivity contribution >= 4 is 47.8 Å². The number of carboxylic acids is 3. The minimum atomic E-state index is -1.24. The normalized spacial score (nSPS) is 11.8. The highest BCUT2D eigenvalue weighted by Gasteiger charge is 2.21. The van der Waals surface area contributed by atoms with Crippen LogP contribution in [0.2, 0.25) is 0 Å². The Hall–Kier alpha value is -5.18. The van der Waals surface area contributed by atoms with E-state index in [1.807, 2.05) is 0 Å². The summed E-state index contributed by atoms with van der Waals surface area (Å²) in [6, 6.07) is 3.92. The second kappa shape index (κ2) is 33.8. The molecule has 332 valence electrons. The van der Waals surface area contributed by atoms with Crippen LogP contribution in [0.15, 0.2) is 24.3 Å². The molecule has 0 aliphatic carbocycles. The van der Waals surface area contributed by atoms with Gasteiger partial charge in [-0.3, -0.25) is 19.2 Å². The standard InChI is InChI=1S/C39H60N4O16/c44-19-8-9-31(38(51)52)43-36(48)28-58-26-24-56-22-18-41-35(47)27-57-25-23-55-21-17-40-33(45)16-15-32(39(53)54)42-34(46)10-6-4-2-1-3-5-7-20-59-30-13-11-29(12-14-30)37(49)50/h11-14,19,31-32H,1-10,15-18,20-28H2,(H,40,45)(H,41,47)(H,42,46)(H,43,48)(H,49,50)(H,51,52)(H,53,54)/t31-,32-/m0/s1. The predicted octanol–water partition coefficient (Wildman–Crippen LogP) is 1.08. The van der Waals surface area contributed by atoms with Crippen molar-refractivity contribution < 1.29 is 77.4 Å². The molecule has 59 heavy (non-hydrogen) atoms. The van der Waals surface area contributed by atoms with Crippen molar-refractivity contribution in [2.45, 2.75) is 89.1 Å². The van der Waals surface area contributed by atoms with E-state index >= 15 is 0 Å². The van der Waals surface area contributed by atoms with Crippen LogP contribution in [0.4, 0.5) is 0 Å². The lowest BCUT2D eigenvalue weighted by molar-refractivity contribution is -0.143. The number of hydrogen-bond acceptors (Lipinski definition) is 13. The van der Waals surface area contributed by atoms with Gasteiger partial charge in [-0.2, -0.15) is 0 Å². The highest BCUT2D eigenvalue weighted by molar-refractivity contribution is 5.87. The molecule has 0 spiro atoms. The highest BCUT2D eigenvalue weighted by atomic mass is 16.5. The van der Waals surface area contributed by atoms with Gasteiger partial charge in [0.1, 0.15) is 37.3 Å². The monoisotopic (exact) mass is 840 g/mol. The molecule has 20 nitrogen and oxygen atoms in total. The van der Waals surface area contributed by atoms with Crippen molar-refractivity contribution in [3.05, 3.63) is 29.8 Å². The third-order valence-corrected chi connectivity index (χ3v) is 8.27. The molecule has 1 aromatic rings. The summed E-state index contributed by atoms with van der Waals surface area (Å²) in [6.45, 7) is 1.16. The van der Waals surface area contributed by atoms with E-state index < -0.39 is 35.9 Å². The van der Waals surface area contributed by atoms with Crippen LogP contribution in [-0.2, 0) is 52.5 Å². The lowest BCUT2D eigenvalue weighted by atomic mass is 10.1. The van der Waals surface area contributed by atoms with E-state index in [-0.39, 0.29) is 121 Å². The van der Waals surface area contributed by atoms with E-state index in [1.54, 1.807) is 12.1 Å². The maximum Gasteiger partial charge on any atom is 0.335 e. The molecule has 0 saturated carbocycles. The first kappa shape index (κ1) is 51.8. The Morgan fingerprint density at radius 2 is 1.05 bits per heavy atom. The topological polar surface area (TPSA) is 292 Å². The SMILES string of the molecule is O=CCC[C@H](NC(=O)COCCOCCNC(=O)COCCOCCNC(=O)CC[C@H](NC(=O)CCCCCCCCCOc1ccc(C(=O)O)cc1)C(=O)O)C(=O)O. The van der Waals surface area contributed by atoms with Crippen molar-refractivity contribution in [2.75, 3.05) is 72.6 Å². The third kappa shape index (κ3) is 28.8. The minimum absolute atomic E-state index is 0.00381. The molecular weight excluding hydrogens is 780 g/mol. The molecule has 0 heterocycles. The maximum absolute atomic E-state index is 12.3. The zero-order chi connectivity index (χ0) is 43.5. The largest absolute Gasteiger partial charge is 0.494 e. The van der Waals surface area contributed by atoms with E-state index in [2.05, 4.69) is 21.3 Å². The second-order valence-electron chi connectivity index (χ2n) is 13.1. The number of aldehydes is 1. The molecule has 1 aromatic carbocycles. The molecule has 0 aromatic heterocycles. The minimum Gasteiger partial charge on any atom is -0.494 e. The van der Waals surface area contributed by atoms with Crippen LogP contribution in [-0.4, -0.2) is 148 Å². The van der Waals surface area contributed by atoms with Crippen molar-refractivity contribution in [1.82, 2.24) is 21.3 Å². The fraction of sp³-hybridized carbons (Fsp3) is 0.641. The first-order valence-electron chi connectivity index (χ1n) is 19.7. The molecule has 0 fully saturated rings. The van der Waals surface area contributed by atoms with Crippen LogP contribution in [0, 0.1) is 0 Å². The predicted molar refractivity (Wildman–Crippen MR) is 209 cm³/mol. The number of aliphatic carboxylic acids is 2. The summed E-state index contributed by atoms with van der Waals surface area (Å²) in [7, 11) is 0. The average Bonchev–Trinajstić information content (AvgIpc) is 3.20. The molecular formula is C39H60N4O16. The van der Waals surface area contributed by atoms with Crippen LogP contribution < -0.4 is 26.0 Å². The van der Waals surface area contributed by atoms with Gasteiger partial charge in [-0.25, -0.2) is 14.4 Å². The lowest BCUT2D eigenvalue weighted by Gasteiger charge is -2.14. The van der Waals surface area contributed by atoms with Gasteiger partial charge in [-0.15, -0.1) is 0 Å². The summed E-state index contributed by atoms with van der Waals surface area (Å²) in [6.07, 6.45) is 6.85. The van der Waals surface area contributed by atoms with E-state index in [0.717, 1.165) is 38.5 Å². The van der Waals surface area contributed by atoms with Gasteiger partial charge in [-0.1, -0.05) is 32.1 Å². The molecule has 20 heteroatoms. The summed E-state index contributed by atoms with van der Waals surface area (Å²) in [5.74, 6) is -4.59. The zero-order valence-electron chi connectivity index (χ0n) is 33.5. The van der Waals surface area contributed by atoms with Gasteiger partial charge in [0.05, 0.1) is 51.8 Å². The van der Waals surface area contributed by atoms with Crippen LogP contribution in [0.3, 0.4) is 0 Å². The highest BCUT2D eigenvalue weighted by Crippen LogP contribution is 2.14. The number of benzene rings is 1. The quantitative estimate of drug-likeness (QED) is 0.0362. The number of ether oxygens (including phenoxy) is 5. The fourth-order valence-corrected chi connectivity index (χ4v) is 5.12. The molecule has 0 radical (unpaired) electrons. The number of carbonyl (C=O) groups excluding carboxylic acids is 5. The van der Waals surface area contributed by atoms with E-state index in [1.165, 1.54) is 12.1 Å². The van der Waals surface area contributed by atoms with Crippen molar-refractivity contribution in [2.24, 2.45) is 0 Å². The average molecular weight is 841 g/mol. The van der Waals surface area contributed by atoms with Crippen LogP contribution >= 0.6 is 0 Å². The number of unbranched alkanes of at least 4 members (excludes halogenated alkanes) is 6. The molecule has 0 bridgehead atoms. The van der Waals surface area contributed by atoms with E-state index in [0.29, 0.717) is 25.1 Å². The number of aromatic carboxylic acids is 1. The Balaban J connectivity index is 1.97. The summed E-state index contributed by atoms with van der Waals surface area (Å²) in [5, 5.41) is 37.4. The Morgan fingerprint density at radius 1 is 0.542 bits per heavy atom. The number of carboxylic acid groups (broad SMARTS) is 3. The van der Waals surface area contributed by atoms with Crippen LogP contribution in [0.1, 0.15) is 87.4 Å². The molecule has 0 saturated heterocycles. The van der Waals surface area contributed by atoms with Gasteiger partial charge in [0, 0.05) is 32.4 Å². The summed E-state index contributed by atoms with van der Waals surface area (Å²) >= 11 is 0. The molecule has 7 N–H and O–H groups in total. The lowest BCUT2D eigenvalue weighted by Crippen LogP contribution is -2.42. The van der Waals surface area contributed by atoms with Gasteiger partial charge in [0.25, 0.3) is 0 Å². The maximum atomic E-state index is 12.3. The van der Waals surface area contributed by atoms with Crippen LogP contribution in [0.25, 0.3) is 0 Å². The Labute approximate surface area is 343 Å². The fourth-order valence-electron chi connectivity index (χ4n) is 5.12. The number of rotatable bonds is 38. The van der Waals surface area contributed by atoms with E-state index in [4.69, 9.17) is 33.9 Å². The molecule has 0 unspecified atom stereocenters. The Morgan fingerprint density at radius 3 is 1.63 bits per heavy atom. The number of nitrogens with one attached hydrogen (secondary N) is 4. The van der Waals surface area contributed by atoms with E-state index in [9.17, 15) is 43.5 Å². The van der Waals surface area contributed by atoms with Gasteiger partial charge >= 0.3 is 17.9 Å². The van der Waals surface area contributed by atoms with Gasteiger partial charge in [-0.05, 0) is 49.9 Å².